The Hall–Kier alpha value is -5.85. The van der Waals surface area contributed by atoms with E-state index in [0.717, 1.165) is 49.5 Å². The van der Waals surface area contributed by atoms with Crippen molar-refractivity contribution < 1.29 is 4.42 Å². The summed E-state index contributed by atoms with van der Waals surface area (Å²) in [7, 11) is 0. The van der Waals surface area contributed by atoms with Crippen LogP contribution in [0.2, 0.25) is 0 Å². The summed E-state index contributed by atoms with van der Waals surface area (Å²) in [5, 5.41) is 7.06. The minimum Gasteiger partial charge on any atom is -0.456 e. The van der Waals surface area contributed by atoms with Gasteiger partial charge in [-0.05, 0) is 42.5 Å². The molecule has 0 atom stereocenters. The molecule has 10 aromatic rings. The van der Waals surface area contributed by atoms with E-state index in [-0.39, 0.29) is 0 Å². The van der Waals surface area contributed by atoms with E-state index in [2.05, 4.69) is 83.4 Å². The first-order valence-electron chi connectivity index (χ1n) is 14.9. The maximum Gasteiger partial charge on any atom is 0.238 e. The third kappa shape index (κ3) is 3.70. The Labute approximate surface area is 260 Å². The van der Waals surface area contributed by atoms with Crippen molar-refractivity contribution in [3.63, 3.8) is 0 Å². The summed E-state index contributed by atoms with van der Waals surface area (Å²) in [6, 6.07) is 46.2. The van der Waals surface area contributed by atoms with Gasteiger partial charge in [-0.2, -0.15) is 9.97 Å². The largest absolute Gasteiger partial charge is 0.456 e. The van der Waals surface area contributed by atoms with Gasteiger partial charge in [-0.1, -0.05) is 91.0 Å². The molecule has 0 N–H and O–H groups in total. The predicted molar refractivity (Wildman–Crippen MR) is 185 cm³/mol. The number of benzene rings is 6. The predicted octanol–water partition coefficient (Wildman–Crippen LogP) is 10.6. The molecule has 6 heteroatoms. The highest BCUT2D eigenvalue weighted by atomic mass is 32.1. The van der Waals surface area contributed by atoms with Gasteiger partial charge in [-0.25, -0.2) is 4.98 Å². The second-order valence-electron chi connectivity index (χ2n) is 11.3. The summed E-state index contributed by atoms with van der Waals surface area (Å²) in [5.74, 6) is 1.79. The zero-order valence-electron chi connectivity index (χ0n) is 23.8. The number of para-hydroxylation sites is 2. The Morgan fingerprint density at radius 3 is 2.04 bits per heavy atom. The molecule has 0 aliphatic carbocycles. The van der Waals surface area contributed by atoms with Crippen molar-refractivity contribution in [2.45, 2.75) is 0 Å². The maximum atomic E-state index is 6.24. The molecule has 210 valence electrons. The van der Waals surface area contributed by atoms with Gasteiger partial charge in [0.1, 0.15) is 11.2 Å². The van der Waals surface area contributed by atoms with Crippen molar-refractivity contribution in [3.05, 3.63) is 133 Å². The number of hydrogen-bond donors (Lipinski definition) is 0. The van der Waals surface area contributed by atoms with Gasteiger partial charge in [0.15, 0.2) is 11.6 Å². The lowest BCUT2D eigenvalue weighted by atomic mass is 10.1. The summed E-state index contributed by atoms with van der Waals surface area (Å²) in [5.41, 5.74) is 5.59. The van der Waals surface area contributed by atoms with Crippen molar-refractivity contribution in [3.8, 4) is 28.7 Å². The van der Waals surface area contributed by atoms with Gasteiger partial charge in [-0.15, -0.1) is 11.3 Å². The average Bonchev–Trinajstić information content (AvgIpc) is 3.76. The first kappa shape index (κ1) is 24.6. The molecule has 0 spiro atoms. The van der Waals surface area contributed by atoms with Gasteiger partial charge in [0.25, 0.3) is 0 Å². The second kappa shape index (κ2) is 9.32. The van der Waals surface area contributed by atoms with E-state index >= 15 is 0 Å². The van der Waals surface area contributed by atoms with E-state index in [1.165, 1.54) is 25.6 Å². The van der Waals surface area contributed by atoms with Crippen LogP contribution in [0.5, 0.6) is 0 Å². The summed E-state index contributed by atoms with van der Waals surface area (Å²) < 4.78 is 10.9. The lowest BCUT2D eigenvalue weighted by Crippen LogP contribution is -2.06. The monoisotopic (exact) mass is 594 g/mol. The van der Waals surface area contributed by atoms with E-state index < -0.39 is 0 Å². The number of nitrogens with zero attached hydrogens (tertiary/aromatic N) is 4. The maximum absolute atomic E-state index is 6.24. The van der Waals surface area contributed by atoms with E-state index in [4.69, 9.17) is 19.4 Å². The van der Waals surface area contributed by atoms with Crippen LogP contribution in [0.15, 0.2) is 138 Å². The lowest BCUT2D eigenvalue weighted by molar-refractivity contribution is 0.669. The summed E-state index contributed by atoms with van der Waals surface area (Å²) in [6.07, 6.45) is 0. The topological polar surface area (TPSA) is 56.7 Å². The molecule has 0 radical (unpaired) electrons. The highest BCUT2D eigenvalue weighted by Crippen LogP contribution is 2.40. The van der Waals surface area contributed by atoms with Crippen LogP contribution >= 0.6 is 11.3 Å². The van der Waals surface area contributed by atoms with Crippen molar-refractivity contribution in [1.29, 1.82) is 0 Å². The molecule has 0 bridgehead atoms. The van der Waals surface area contributed by atoms with E-state index in [1.54, 1.807) is 0 Å². The Kier molecular flexibility index (Phi) is 5.09. The lowest BCUT2D eigenvalue weighted by Gasteiger charge is -2.11. The Morgan fingerprint density at radius 2 is 1.16 bits per heavy atom. The van der Waals surface area contributed by atoms with E-state index in [0.29, 0.717) is 17.6 Å². The minimum atomic E-state index is 0.579. The quantitative estimate of drug-likeness (QED) is 0.204. The van der Waals surface area contributed by atoms with Gasteiger partial charge < -0.3 is 4.42 Å². The van der Waals surface area contributed by atoms with Crippen LogP contribution < -0.4 is 0 Å². The standard InChI is InChI=1S/C39H22N4OS/c1-2-10-23(11-3-1)37-40-38(24-18-19-27-26-13-5-8-16-33(26)44-34(27)20-24)42-39(41-37)43-31-15-7-4-12-25(31)29-21-30-28-14-6-9-17-35(28)45-36(30)22-32(29)43/h1-22H. The third-order valence-electron chi connectivity index (χ3n) is 8.66. The molecule has 0 aliphatic heterocycles. The molecule has 4 aromatic heterocycles. The number of rotatable bonds is 3. The molecule has 0 saturated carbocycles. The fraction of sp³-hybridized carbons (Fsp3) is 0. The van der Waals surface area contributed by atoms with Gasteiger partial charge in [0, 0.05) is 52.8 Å². The van der Waals surface area contributed by atoms with E-state index in [1.807, 2.05) is 65.9 Å². The van der Waals surface area contributed by atoms with E-state index in [9.17, 15) is 0 Å². The number of fused-ring (bicyclic) bond motifs is 9. The molecule has 10 rings (SSSR count). The van der Waals surface area contributed by atoms with Crippen LogP contribution in [-0.2, 0) is 0 Å². The average molecular weight is 595 g/mol. The molecule has 4 heterocycles. The molecule has 45 heavy (non-hydrogen) atoms. The second-order valence-corrected chi connectivity index (χ2v) is 12.4. The van der Waals surface area contributed by atoms with Crippen LogP contribution in [0.4, 0.5) is 0 Å². The van der Waals surface area contributed by atoms with Crippen LogP contribution in [0.3, 0.4) is 0 Å². The number of furan rings is 1. The Morgan fingerprint density at radius 1 is 0.444 bits per heavy atom. The van der Waals surface area contributed by atoms with Gasteiger partial charge in [0.2, 0.25) is 5.95 Å². The fourth-order valence-electron chi connectivity index (χ4n) is 6.58. The zero-order valence-corrected chi connectivity index (χ0v) is 24.6. The highest BCUT2D eigenvalue weighted by Gasteiger charge is 2.20. The zero-order chi connectivity index (χ0) is 29.5. The molecule has 0 unspecified atom stereocenters. The van der Waals surface area contributed by atoms with Gasteiger partial charge in [0.05, 0.1) is 11.0 Å². The van der Waals surface area contributed by atoms with Crippen LogP contribution in [-0.4, -0.2) is 19.5 Å². The normalized spacial score (nSPS) is 12.0. The molecule has 0 aliphatic rings. The summed E-state index contributed by atoms with van der Waals surface area (Å²) >= 11 is 1.82. The third-order valence-corrected chi connectivity index (χ3v) is 9.80. The molecule has 0 amide bonds. The molecular weight excluding hydrogens is 573 g/mol. The van der Waals surface area contributed by atoms with Crippen LogP contribution in [0.1, 0.15) is 0 Å². The molecule has 5 nitrogen and oxygen atoms in total. The Balaban J connectivity index is 1.27. The highest BCUT2D eigenvalue weighted by molar-refractivity contribution is 7.25. The smallest absolute Gasteiger partial charge is 0.238 e. The van der Waals surface area contributed by atoms with Gasteiger partial charge >= 0.3 is 0 Å². The SMILES string of the molecule is c1ccc(-c2nc(-c3ccc4c(c3)oc3ccccc34)nc(-n3c4ccccc4c4cc5c(cc43)sc3ccccc35)n2)cc1. The minimum absolute atomic E-state index is 0.579. The van der Waals surface area contributed by atoms with Crippen molar-refractivity contribution >= 4 is 75.3 Å². The van der Waals surface area contributed by atoms with Crippen molar-refractivity contribution in [2.24, 2.45) is 0 Å². The number of thiophene rings is 1. The summed E-state index contributed by atoms with van der Waals surface area (Å²) in [6.45, 7) is 0. The summed E-state index contributed by atoms with van der Waals surface area (Å²) in [4.78, 5) is 15.3. The first-order chi connectivity index (χ1) is 22.3. The Bertz CT molecular complexity index is 2770. The molecule has 6 aromatic carbocycles. The molecule has 0 fully saturated rings. The van der Waals surface area contributed by atoms with Gasteiger partial charge in [-0.3, -0.25) is 4.57 Å². The fourth-order valence-corrected chi connectivity index (χ4v) is 7.70. The number of hydrogen-bond acceptors (Lipinski definition) is 5. The van der Waals surface area contributed by atoms with Crippen molar-refractivity contribution in [1.82, 2.24) is 19.5 Å². The van der Waals surface area contributed by atoms with Crippen molar-refractivity contribution in [2.75, 3.05) is 0 Å². The first-order valence-corrected chi connectivity index (χ1v) is 15.7. The molecular formula is C39H22N4OS. The van der Waals surface area contributed by atoms with Crippen LogP contribution in [0.25, 0.3) is 92.6 Å². The number of aromatic nitrogens is 4. The molecule has 0 saturated heterocycles. The van der Waals surface area contributed by atoms with Crippen LogP contribution in [0, 0.1) is 0 Å².